The Labute approximate surface area is 116 Å². The first kappa shape index (κ1) is 14.3. The predicted octanol–water partition coefficient (Wildman–Crippen LogP) is 3.75. The molecule has 0 unspecified atom stereocenters. The minimum atomic E-state index is 0.285. The summed E-state index contributed by atoms with van der Waals surface area (Å²) >= 11 is 0. The van der Waals surface area contributed by atoms with Gasteiger partial charge in [-0.1, -0.05) is 25.0 Å². The van der Waals surface area contributed by atoms with Gasteiger partial charge in [-0.2, -0.15) is 0 Å². The topological polar surface area (TPSA) is 20.3 Å². The molecule has 104 valence electrons. The minimum Gasteiger partial charge on any atom is -0.303 e. The second-order valence-corrected chi connectivity index (χ2v) is 5.73. The Morgan fingerprint density at radius 3 is 2.37 bits per heavy atom. The number of carbonyl (C=O) groups excluding carboxylic acids is 1. The van der Waals surface area contributed by atoms with Gasteiger partial charge in [0.25, 0.3) is 0 Å². The molecule has 19 heavy (non-hydrogen) atoms. The number of hydrogen-bond donors (Lipinski definition) is 0. The number of nitrogens with zero attached hydrogens (tertiary/aromatic N) is 1. The van der Waals surface area contributed by atoms with Crippen LogP contribution in [0.5, 0.6) is 0 Å². The summed E-state index contributed by atoms with van der Waals surface area (Å²) in [4.78, 5) is 14.7. The number of carbonyl (C=O) groups is 1. The van der Waals surface area contributed by atoms with Gasteiger partial charge in [0.1, 0.15) is 0 Å². The van der Waals surface area contributed by atoms with Gasteiger partial charge in [-0.25, -0.2) is 0 Å². The zero-order valence-electron chi connectivity index (χ0n) is 12.2. The maximum absolute atomic E-state index is 12.2. The molecule has 1 fully saturated rings. The maximum atomic E-state index is 12.2. The van der Waals surface area contributed by atoms with Crippen molar-refractivity contribution < 1.29 is 4.79 Å². The number of ketones is 1. The lowest BCUT2D eigenvalue weighted by molar-refractivity contribution is 0.0965. The van der Waals surface area contributed by atoms with E-state index in [1.165, 1.54) is 49.9 Å². The third-order valence-corrected chi connectivity index (χ3v) is 4.18. The summed E-state index contributed by atoms with van der Waals surface area (Å²) in [6.07, 6.45) is 5.93. The molecule has 0 bridgehead atoms. The monoisotopic (exact) mass is 259 g/mol. The smallest absolute Gasteiger partial charge is 0.164 e. The molecule has 0 aliphatic carbocycles. The maximum Gasteiger partial charge on any atom is 0.164 e. The molecule has 1 aliphatic rings. The Hall–Kier alpha value is -1.15. The van der Waals surface area contributed by atoms with Crippen LogP contribution >= 0.6 is 0 Å². The molecular weight excluding hydrogens is 234 g/mol. The molecule has 1 aromatic carbocycles. The zero-order valence-corrected chi connectivity index (χ0v) is 12.2. The van der Waals surface area contributed by atoms with Gasteiger partial charge in [0.05, 0.1) is 0 Å². The van der Waals surface area contributed by atoms with Crippen LogP contribution in [0.25, 0.3) is 0 Å². The highest BCUT2D eigenvalue weighted by Crippen LogP contribution is 2.13. The van der Waals surface area contributed by atoms with Crippen LogP contribution in [0.3, 0.4) is 0 Å². The first-order valence-corrected chi connectivity index (χ1v) is 7.49. The fourth-order valence-corrected chi connectivity index (χ4v) is 2.68. The second-order valence-electron chi connectivity index (χ2n) is 5.73. The molecule has 0 radical (unpaired) electrons. The van der Waals surface area contributed by atoms with E-state index in [9.17, 15) is 4.79 Å². The van der Waals surface area contributed by atoms with Crippen LogP contribution in [0, 0.1) is 13.8 Å². The summed E-state index contributed by atoms with van der Waals surface area (Å²) in [7, 11) is 0. The lowest BCUT2D eigenvalue weighted by atomic mass is 10.0. The zero-order chi connectivity index (χ0) is 13.7. The van der Waals surface area contributed by atoms with Gasteiger partial charge in [0.2, 0.25) is 0 Å². The number of benzene rings is 1. The van der Waals surface area contributed by atoms with Crippen LogP contribution in [0.15, 0.2) is 18.2 Å². The average molecular weight is 259 g/mol. The number of hydrogen-bond acceptors (Lipinski definition) is 2. The Morgan fingerprint density at radius 1 is 1.05 bits per heavy atom. The molecule has 2 heteroatoms. The fraction of sp³-hybridized carbons (Fsp3) is 0.588. The van der Waals surface area contributed by atoms with Crippen molar-refractivity contribution in [2.45, 2.75) is 46.0 Å². The van der Waals surface area contributed by atoms with Gasteiger partial charge in [-0.15, -0.1) is 0 Å². The van der Waals surface area contributed by atoms with Crippen molar-refractivity contribution in [3.8, 4) is 0 Å². The van der Waals surface area contributed by atoms with Crippen LogP contribution in [-0.2, 0) is 0 Å². The third-order valence-electron chi connectivity index (χ3n) is 4.18. The third kappa shape index (κ3) is 4.17. The van der Waals surface area contributed by atoms with E-state index in [1.807, 2.05) is 12.1 Å². The van der Waals surface area contributed by atoms with E-state index in [-0.39, 0.29) is 5.78 Å². The largest absolute Gasteiger partial charge is 0.303 e. The highest BCUT2D eigenvalue weighted by atomic mass is 16.1. The SMILES string of the molecule is Cc1ccc(C(=O)CCN2CCCCCC2)cc1C. The lowest BCUT2D eigenvalue weighted by Gasteiger charge is -2.19. The average Bonchev–Trinajstić information content (AvgIpc) is 2.67. The number of aryl methyl sites for hydroxylation is 2. The molecule has 2 nitrogen and oxygen atoms in total. The molecular formula is C17H25NO. The molecule has 0 saturated carbocycles. The Morgan fingerprint density at radius 2 is 1.74 bits per heavy atom. The van der Waals surface area contributed by atoms with Crippen molar-refractivity contribution in [3.63, 3.8) is 0 Å². The Kier molecular flexibility index (Phi) is 5.15. The van der Waals surface area contributed by atoms with Crippen molar-refractivity contribution in [3.05, 3.63) is 34.9 Å². The van der Waals surface area contributed by atoms with Crippen LogP contribution in [0.4, 0.5) is 0 Å². The van der Waals surface area contributed by atoms with Crippen LogP contribution < -0.4 is 0 Å². The Balaban J connectivity index is 1.87. The van der Waals surface area contributed by atoms with Crippen LogP contribution in [0.1, 0.15) is 53.6 Å². The minimum absolute atomic E-state index is 0.285. The normalized spacial score (nSPS) is 17.2. The number of likely N-dealkylation sites (tertiary alicyclic amines) is 1. The van der Waals surface area contributed by atoms with Crippen molar-refractivity contribution >= 4 is 5.78 Å². The van der Waals surface area contributed by atoms with Gasteiger partial charge in [0, 0.05) is 18.5 Å². The highest BCUT2D eigenvalue weighted by Gasteiger charge is 2.12. The highest BCUT2D eigenvalue weighted by molar-refractivity contribution is 5.96. The summed E-state index contributed by atoms with van der Waals surface area (Å²) in [6.45, 7) is 7.41. The number of Topliss-reactive ketones (excluding diaryl/α,β-unsaturated/α-hetero) is 1. The van der Waals surface area contributed by atoms with E-state index in [1.54, 1.807) is 0 Å². The van der Waals surface area contributed by atoms with E-state index in [4.69, 9.17) is 0 Å². The van der Waals surface area contributed by atoms with E-state index in [2.05, 4.69) is 24.8 Å². The van der Waals surface area contributed by atoms with Gasteiger partial charge in [0.15, 0.2) is 5.78 Å². The van der Waals surface area contributed by atoms with Gasteiger partial charge < -0.3 is 4.90 Å². The van der Waals surface area contributed by atoms with Crippen molar-refractivity contribution in [1.82, 2.24) is 4.90 Å². The van der Waals surface area contributed by atoms with E-state index >= 15 is 0 Å². The fourth-order valence-electron chi connectivity index (χ4n) is 2.68. The first-order chi connectivity index (χ1) is 9.16. The van der Waals surface area contributed by atoms with Gasteiger partial charge >= 0.3 is 0 Å². The molecule has 1 aliphatic heterocycles. The molecule has 1 aromatic rings. The summed E-state index contributed by atoms with van der Waals surface area (Å²) in [5.74, 6) is 0.285. The molecule has 0 amide bonds. The summed E-state index contributed by atoms with van der Waals surface area (Å²) in [6, 6.07) is 6.04. The van der Waals surface area contributed by atoms with E-state index in [0.717, 1.165) is 12.1 Å². The Bertz CT molecular complexity index is 431. The summed E-state index contributed by atoms with van der Waals surface area (Å²) in [5.41, 5.74) is 3.34. The van der Waals surface area contributed by atoms with Crippen molar-refractivity contribution in [2.24, 2.45) is 0 Å². The van der Waals surface area contributed by atoms with E-state index < -0.39 is 0 Å². The van der Waals surface area contributed by atoms with Crippen LogP contribution in [-0.4, -0.2) is 30.3 Å². The van der Waals surface area contributed by atoms with Crippen LogP contribution in [0.2, 0.25) is 0 Å². The number of rotatable bonds is 4. The molecule has 1 heterocycles. The van der Waals surface area contributed by atoms with Crippen molar-refractivity contribution in [1.29, 1.82) is 0 Å². The van der Waals surface area contributed by atoms with Gasteiger partial charge in [-0.05, 0) is 57.0 Å². The standard InChI is InChI=1S/C17H25NO/c1-14-7-8-16(13-15(14)2)17(19)9-12-18-10-5-3-4-6-11-18/h7-8,13H,3-6,9-12H2,1-2H3. The lowest BCUT2D eigenvalue weighted by Crippen LogP contribution is -2.27. The molecule has 0 N–H and O–H groups in total. The summed E-state index contributed by atoms with van der Waals surface area (Å²) in [5, 5.41) is 0. The van der Waals surface area contributed by atoms with E-state index in [0.29, 0.717) is 6.42 Å². The molecule has 0 spiro atoms. The molecule has 2 rings (SSSR count). The van der Waals surface area contributed by atoms with Gasteiger partial charge in [-0.3, -0.25) is 4.79 Å². The predicted molar refractivity (Wildman–Crippen MR) is 79.8 cm³/mol. The van der Waals surface area contributed by atoms with Crippen molar-refractivity contribution in [2.75, 3.05) is 19.6 Å². The molecule has 1 saturated heterocycles. The summed E-state index contributed by atoms with van der Waals surface area (Å²) < 4.78 is 0. The molecule has 0 atom stereocenters. The second kappa shape index (κ2) is 6.85. The first-order valence-electron chi connectivity index (χ1n) is 7.49. The molecule has 0 aromatic heterocycles. The quantitative estimate of drug-likeness (QED) is 0.767.